The number of para-hydroxylation sites is 1. The second kappa shape index (κ2) is 6.20. The molecular formula is C16H18N4S. The molecule has 1 aromatic carbocycles. The zero-order valence-corrected chi connectivity index (χ0v) is 13.0. The Kier molecular flexibility index (Phi) is 4.13. The van der Waals surface area contributed by atoms with Crippen LogP contribution in [0.5, 0.6) is 0 Å². The van der Waals surface area contributed by atoms with Crippen LogP contribution in [0.4, 0.5) is 0 Å². The van der Waals surface area contributed by atoms with Crippen molar-refractivity contribution in [2.24, 2.45) is 0 Å². The van der Waals surface area contributed by atoms with Gasteiger partial charge in [-0.2, -0.15) is 5.10 Å². The van der Waals surface area contributed by atoms with E-state index in [2.05, 4.69) is 46.8 Å². The van der Waals surface area contributed by atoms with E-state index in [4.69, 9.17) is 0 Å². The monoisotopic (exact) mass is 298 g/mol. The van der Waals surface area contributed by atoms with E-state index in [-0.39, 0.29) is 0 Å². The van der Waals surface area contributed by atoms with Gasteiger partial charge in [0.15, 0.2) is 0 Å². The van der Waals surface area contributed by atoms with Gasteiger partial charge in [0, 0.05) is 29.7 Å². The van der Waals surface area contributed by atoms with Gasteiger partial charge in [-0.25, -0.2) is 9.67 Å². The fraction of sp³-hybridized carbons (Fsp3) is 0.250. The van der Waals surface area contributed by atoms with Crippen molar-refractivity contribution in [3.8, 4) is 5.69 Å². The van der Waals surface area contributed by atoms with E-state index in [0.717, 1.165) is 30.2 Å². The van der Waals surface area contributed by atoms with E-state index in [1.807, 2.05) is 28.4 Å². The Morgan fingerprint density at radius 1 is 1.14 bits per heavy atom. The van der Waals surface area contributed by atoms with Crippen LogP contribution >= 0.6 is 11.3 Å². The van der Waals surface area contributed by atoms with Crippen molar-refractivity contribution in [3.63, 3.8) is 0 Å². The predicted octanol–water partition coefficient (Wildman–Crippen LogP) is 3.24. The molecule has 0 aliphatic rings. The Hall–Kier alpha value is -1.98. The lowest BCUT2D eigenvalue weighted by Crippen LogP contribution is -2.14. The minimum absolute atomic E-state index is 0.791. The molecule has 0 atom stereocenters. The van der Waals surface area contributed by atoms with Crippen molar-refractivity contribution in [2.75, 3.05) is 0 Å². The first kappa shape index (κ1) is 14.0. The van der Waals surface area contributed by atoms with Crippen molar-refractivity contribution in [2.45, 2.75) is 26.9 Å². The average Bonchev–Trinajstić information content (AvgIpc) is 3.11. The van der Waals surface area contributed by atoms with Crippen molar-refractivity contribution in [1.82, 2.24) is 20.1 Å². The van der Waals surface area contributed by atoms with Gasteiger partial charge in [0.25, 0.3) is 0 Å². The van der Waals surface area contributed by atoms with E-state index < -0.39 is 0 Å². The molecule has 21 heavy (non-hydrogen) atoms. The van der Waals surface area contributed by atoms with Gasteiger partial charge in [-0.3, -0.25) is 0 Å². The van der Waals surface area contributed by atoms with Gasteiger partial charge in [-0.15, -0.1) is 11.3 Å². The molecule has 0 spiro atoms. The average molecular weight is 298 g/mol. The molecule has 0 radical (unpaired) electrons. The first-order chi connectivity index (χ1) is 10.3. The normalized spacial score (nSPS) is 11.0. The Balaban J connectivity index is 1.75. The number of benzene rings is 1. The fourth-order valence-corrected chi connectivity index (χ4v) is 2.95. The Morgan fingerprint density at radius 2 is 1.95 bits per heavy atom. The quantitative estimate of drug-likeness (QED) is 0.786. The maximum Gasteiger partial charge on any atom is 0.0795 e. The topological polar surface area (TPSA) is 42.7 Å². The second-order valence-corrected chi connectivity index (χ2v) is 5.70. The molecular weight excluding hydrogens is 280 g/mol. The summed E-state index contributed by atoms with van der Waals surface area (Å²) in [7, 11) is 0. The number of nitrogens with one attached hydrogen (secondary N) is 1. The Labute approximate surface area is 128 Å². The summed E-state index contributed by atoms with van der Waals surface area (Å²) in [5.74, 6) is 0. The standard InChI is InChI=1S/C16H18N4S/c1-12-16(9-17-8-14-10-21-11-18-14)13(2)20(19-12)15-6-4-3-5-7-15/h3-7,10-11,17H,8-9H2,1-2H3. The lowest BCUT2D eigenvalue weighted by molar-refractivity contribution is 0.677. The van der Waals surface area contributed by atoms with Crippen LogP contribution < -0.4 is 5.32 Å². The van der Waals surface area contributed by atoms with Gasteiger partial charge in [0.1, 0.15) is 0 Å². The van der Waals surface area contributed by atoms with Gasteiger partial charge >= 0.3 is 0 Å². The van der Waals surface area contributed by atoms with Gasteiger partial charge in [0.05, 0.1) is 22.6 Å². The van der Waals surface area contributed by atoms with Crippen molar-refractivity contribution < 1.29 is 0 Å². The van der Waals surface area contributed by atoms with Gasteiger partial charge in [-0.1, -0.05) is 18.2 Å². The molecule has 2 aromatic heterocycles. The van der Waals surface area contributed by atoms with Gasteiger partial charge in [0.2, 0.25) is 0 Å². The molecule has 0 unspecified atom stereocenters. The summed E-state index contributed by atoms with van der Waals surface area (Å²) in [4.78, 5) is 4.28. The molecule has 3 rings (SSSR count). The van der Waals surface area contributed by atoms with Crippen LogP contribution in [0.25, 0.3) is 5.69 Å². The number of aromatic nitrogens is 3. The van der Waals surface area contributed by atoms with E-state index in [1.165, 1.54) is 11.3 Å². The molecule has 5 heteroatoms. The number of hydrogen-bond donors (Lipinski definition) is 1. The zero-order valence-electron chi connectivity index (χ0n) is 12.2. The van der Waals surface area contributed by atoms with Crippen LogP contribution in [-0.2, 0) is 13.1 Å². The van der Waals surface area contributed by atoms with Crippen LogP contribution in [-0.4, -0.2) is 14.8 Å². The molecule has 2 heterocycles. The molecule has 108 valence electrons. The maximum atomic E-state index is 4.66. The maximum absolute atomic E-state index is 4.66. The summed E-state index contributed by atoms with van der Waals surface area (Å²) in [6, 6.07) is 10.2. The van der Waals surface area contributed by atoms with Crippen LogP contribution in [0.15, 0.2) is 41.2 Å². The largest absolute Gasteiger partial charge is 0.307 e. The van der Waals surface area contributed by atoms with E-state index in [1.54, 1.807) is 11.3 Å². The lowest BCUT2D eigenvalue weighted by atomic mass is 10.2. The van der Waals surface area contributed by atoms with Crippen molar-refractivity contribution in [1.29, 1.82) is 0 Å². The van der Waals surface area contributed by atoms with Crippen LogP contribution in [0.2, 0.25) is 0 Å². The van der Waals surface area contributed by atoms with Crippen LogP contribution in [0.1, 0.15) is 22.6 Å². The third-order valence-corrected chi connectivity index (χ3v) is 4.17. The highest BCUT2D eigenvalue weighted by atomic mass is 32.1. The van der Waals surface area contributed by atoms with Crippen molar-refractivity contribution >= 4 is 11.3 Å². The first-order valence-electron chi connectivity index (χ1n) is 6.94. The smallest absolute Gasteiger partial charge is 0.0795 e. The molecule has 0 fully saturated rings. The molecule has 0 aliphatic heterocycles. The third-order valence-electron chi connectivity index (χ3n) is 3.53. The van der Waals surface area contributed by atoms with Crippen LogP contribution in [0, 0.1) is 13.8 Å². The first-order valence-corrected chi connectivity index (χ1v) is 7.88. The summed E-state index contributed by atoms with van der Waals surface area (Å²) in [5.41, 5.74) is 7.57. The highest BCUT2D eigenvalue weighted by Crippen LogP contribution is 2.17. The molecule has 4 nitrogen and oxygen atoms in total. The molecule has 1 N–H and O–H groups in total. The third kappa shape index (κ3) is 3.04. The van der Waals surface area contributed by atoms with E-state index in [0.29, 0.717) is 0 Å². The van der Waals surface area contributed by atoms with E-state index in [9.17, 15) is 0 Å². The van der Waals surface area contributed by atoms with E-state index >= 15 is 0 Å². The van der Waals surface area contributed by atoms with Crippen LogP contribution in [0.3, 0.4) is 0 Å². The molecule has 0 bridgehead atoms. The SMILES string of the molecule is Cc1nn(-c2ccccc2)c(C)c1CNCc1cscn1. The molecule has 3 aromatic rings. The molecule has 0 saturated heterocycles. The molecule has 0 aliphatic carbocycles. The Morgan fingerprint density at radius 3 is 2.67 bits per heavy atom. The summed E-state index contributed by atoms with van der Waals surface area (Å²) in [6.07, 6.45) is 0. The summed E-state index contributed by atoms with van der Waals surface area (Å²) in [5, 5.41) is 10.2. The van der Waals surface area contributed by atoms with Gasteiger partial charge in [-0.05, 0) is 26.0 Å². The minimum Gasteiger partial charge on any atom is -0.307 e. The minimum atomic E-state index is 0.791. The molecule has 0 saturated carbocycles. The second-order valence-electron chi connectivity index (χ2n) is 4.98. The van der Waals surface area contributed by atoms with Gasteiger partial charge < -0.3 is 5.32 Å². The summed E-state index contributed by atoms with van der Waals surface area (Å²) >= 11 is 1.63. The van der Waals surface area contributed by atoms with Crippen molar-refractivity contribution in [3.05, 3.63) is 63.9 Å². The Bertz CT molecular complexity index is 701. The summed E-state index contributed by atoms with van der Waals surface area (Å²) in [6.45, 7) is 5.78. The molecule has 0 amide bonds. The number of rotatable bonds is 5. The lowest BCUT2D eigenvalue weighted by Gasteiger charge is -2.06. The number of hydrogen-bond acceptors (Lipinski definition) is 4. The number of aryl methyl sites for hydroxylation is 1. The highest BCUT2D eigenvalue weighted by molar-refractivity contribution is 7.07. The number of nitrogens with zero attached hydrogens (tertiary/aromatic N) is 3. The summed E-state index contributed by atoms with van der Waals surface area (Å²) < 4.78 is 2.01. The highest BCUT2D eigenvalue weighted by Gasteiger charge is 2.12. The number of thiazole rings is 1. The fourth-order valence-electron chi connectivity index (χ4n) is 2.39. The predicted molar refractivity (Wildman–Crippen MR) is 85.7 cm³/mol. The zero-order chi connectivity index (χ0) is 14.7.